The summed E-state index contributed by atoms with van der Waals surface area (Å²) in [5, 5.41) is 9.97. The van der Waals surface area contributed by atoms with Gasteiger partial charge in [0.25, 0.3) is 0 Å². The number of benzene rings is 1. The van der Waals surface area contributed by atoms with Crippen LogP contribution in [0.15, 0.2) is 35.6 Å². The topological polar surface area (TPSA) is 112 Å². The van der Waals surface area contributed by atoms with Gasteiger partial charge in [0, 0.05) is 48.1 Å². The van der Waals surface area contributed by atoms with Gasteiger partial charge in [-0.1, -0.05) is 0 Å². The highest BCUT2D eigenvalue weighted by Gasteiger charge is 2.21. The van der Waals surface area contributed by atoms with Gasteiger partial charge in [0.05, 0.1) is 30.5 Å². The summed E-state index contributed by atoms with van der Waals surface area (Å²) < 4.78 is 29.7. The zero-order valence-corrected chi connectivity index (χ0v) is 15.5. The molecule has 0 spiro atoms. The number of fused-ring (bicyclic) bond motifs is 1. The summed E-state index contributed by atoms with van der Waals surface area (Å²) >= 11 is 0. The van der Waals surface area contributed by atoms with E-state index in [9.17, 15) is 13.7 Å². The number of morpholine rings is 1. The molecule has 1 aliphatic heterocycles. The van der Waals surface area contributed by atoms with Crippen LogP contribution < -0.4 is 4.90 Å². The highest BCUT2D eigenvalue weighted by Crippen LogP contribution is 2.31. The molecule has 0 amide bonds. The van der Waals surface area contributed by atoms with Gasteiger partial charge in [0.1, 0.15) is 5.82 Å². The van der Waals surface area contributed by atoms with Crippen molar-refractivity contribution < 1.29 is 13.2 Å². The largest absolute Gasteiger partial charge is 0.378 e. The number of aromatic nitrogens is 3. The average Bonchev–Trinajstić information content (AvgIpc) is 3.15. The molecule has 138 valence electrons. The van der Waals surface area contributed by atoms with E-state index in [0.717, 1.165) is 17.2 Å². The number of nitrogens with zero attached hydrogens (tertiary/aromatic N) is 4. The van der Waals surface area contributed by atoms with Crippen molar-refractivity contribution >= 4 is 26.6 Å². The van der Waals surface area contributed by atoms with Crippen molar-refractivity contribution in [3.05, 3.63) is 36.0 Å². The quantitative estimate of drug-likeness (QED) is 0.686. The number of H-pyrrole nitrogens is 1. The molecule has 3 aromatic rings. The number of sulfone groups is 1. The van der Waals surface area contributed by atoms with Gasteiger partial charge in [-0.25, -0.2) is 18.4 Å². The SMILES string of the molecule is CS(=O)(=O)c1nc(-c2cc(C#N)cc3[nH]ccc23)cc(N2CCOCC2)n1. The van der Waals surface area contributed by atoms with Gasteiger partial charge in [0.15, 0.2) is 0 Å². The molecule has 9 heteroatoms. The van der Waals surface area contributed by atoms with Gasteiger partial charge in [-0.3, -0.25) is 0 Å². The van der Waals surface area contributed by atoms with Crippen LogP contribution in [0.4, 0.5) is 5.82 Å². The van der Waals surface area contributed by atoms with Crippen LogP contribution in [0.5, 0.6) is 0 Å². The summed E-state index contributed by atoms with van der Waals surface area (Å²) in [6.07, 6.45) is 2.86. The second-order valence-electron chi connectivity index (χ2n) is 6.34. The van der Waals surface area contributed by atoms with Crippen molar-refractivity contribution in [3.63, 3.8) is 0 Å². The molecule has 2 aromatic heterocycles. The minimum Gasteiger partial charge on any atom is -0.378 e. The van der Waals surface area contributed by atoms with E-state index in [2.05, 4.69) is 21.0 Å². The Hall–Kier alpha value is -2.96. The van der Waals surface area contributed by atoms with Crippen LogP contribution in [-0.2, 0) is 14.6 Å². The molecule has 3 heterocycles. The van der Waals surface area contributed by atoms with Crippen LogP contribution in [0.2, 0.25) is 0 Å². The summed E-state index contributed by atoms with van der Waals surface area (Å²) in [6, 6.07) is 9.24. The first-order valence-electron chi connectivity index (χ1n) is 8.39. The smallest absolute Gasteiger partial charge is 0.249 e. The lowest BCUT2D eigenvalue weighted by atomic mass is 10.0. The molecule has 0 radical (unpaired) electrons. The van der Waals surface area contributed by atoms with Crippen LogP contribution in [0.1, 0.15) is 5.56 Å². The number of aromatic amines is 1. The third kappa shape index (κ3) is 3.37. The lowest BCUT2D eigenvalue weighted by Gasteiger charge is -2.28. The zero-order valence-electron chi connectivity index (χ0n) is 14.6. The van der Waals surface area contributed by atoms with E-state index in [0.29, 0.717) is 48.9 Å². The fourth-order valence-electron chi connectivity index (χ4n) is 3.11. The minimum absolute atomic E-state index is 0.229. The van der Waals surface area contributed by atoms with Crippen molar-refractivity contribution in [3.8, 4) is 17.3 Å². The fourth-order valence-corrected chi connectivity index (χ4v) is 3.64. The molecule has 0 aliphatic carbocycles. The molecule has 1 aromatic carbocycles. The molecule has 1 aliphatic rings. The summed E-state index contributed by atoms with van der Waals surface area (Å²) in [5.74, 6) is 0.537. The normalized spacial score (nSPS) is 15.0. The third-order valence-electron chi connectivity index (χ3n) is 4.43. The molecular weight excluding hydrogens is 366 g/mol. The maximum atomic E-state index is 12.2. The van der Waals surface area contributed by atoms with E-state index in [1.54, 1.807) is 24.4 Å². The molecule has 27 heavy (non-hydrogen) atoms. The van der Waals surface area contributed by atoms with Crippen molar-refractivity contribution in [1.29, 1.82) is 5.26 Å². The number of rotatable bonds is 3. The second-order valence-corrected chi connectivity index (χ2v) is 8.25. The third-order valence-corrected chi connectivity index (χ3v) is 5.28. The Labute approximate surface area is 156 Å². The molecule has 1 saturated heterocycles. The Balaban J connectivity index is 1.95. The van der Waals surface area contributed by atoms with Crippen molar-refractivity contribution in [2.45, 2.75) is 5.16 Å². The van der Waals surface area contributed by atoms with Gasteiger partial charge >= 0.3 is 0 Å². The van der Waals surface area contributed by atoms with Crippen molar-refractivity contribution in [1.82, 2.24) is 15.0 Å². The first kappa shape index (κ1) is 17.5. The monoisotopic (exact) mass is 383 g/mol. The Morgan fingerprint density at radius 1 is 1.22 bits per heavy atom. The van der Waals surface area contributed by atoms with E-state index >= 15 is 0 Å². The molecule has 0 bridgehead atoms. The van der Waals surface area contributed by atoms with Crippen LogP contribution in [0, 0.1) is 11.3 Å². The summed E-state index contributed by atoms with van der Waals surface area (Å²) in [7, 11) is -3.60. The highest BCUT2D eigenvalue weighted by atomic mass is 32.2. The highest BCUT2D eigenvalue weighted by molar-refractivity contribution is 7.90. The standard InChI is InChI=1S/C18H17N5O3S/c1-27(24,25)18-21-16(10-17(22-18)23-4-6-26-7-5-23)14-8-12(11-19)9-15-13(14)2-3-20-15/h2-3,8-10,20H,4-7H2,1H3. The van der Waals surface area contributed by atoms with Crippen LogP contribution in [-0.4, -0.2) is 55.9 Å². The number of hydrogen-bond acceptors (Lipinski definition) is 7. The number of anilines is 1. The number of nitriles is 1. The lowest BCUT2D eigenvalue weighted by Crippen LogP contribution is -2.37. The Morgan fingerprint density at radius 3 is 2.70 bits per heavy atom. The summed E-state index contributed by atoms with van der Waals surface area (Å²) in [6.45, 7) is 2.36. The summed E-state index contributed by atoms with van der Waals surface area (Å²) in [4.78, 5) is 13.6. The predicted octanol–water partition coefficient (Wildman–Crippen LogP) is 1.74. The Morgan fingerprint density at radius 2 is 2.00 bits per heavy atom. The molecular formula is C18H17N5O3S. The molecule has 8 nitrogen and oxygen atoms in total. The first-order valence-corrected chi connectivity index (χ1v) is 10.3. The Bertz CT molecular complexity index is 1160. The zero-order chi connectivity index (χ0) is 19.0. The maximum absolute atomic E-state index is 12.2. The van der Waals surface area contributed by atoms with E-state index < -0.39 is 9.84 Å². The van der Waals surface area contributed by atoms with Crippen molar-refractivity contribution in [2.75, 3.05) is 37.5 Å². The van der Waals surface area contributed by atoms with Crippen LogP contribution in [0.25, 0.3) is 22.2 Å². The molecule has 1 fully saturated rings. The van der Waals surface area contributed by atoms with Crippen molar-refractivity contribution in [2.24, 2.45) is 0 Å². The minimum atomic E-state index is -3.60. The number of nitrogens with one attached hydrogen (secondary N) is 1. The van der Waals surface area contributed by atoms with E-state index in [1.165, 1.54) is 0 Å². The second kappa shape index (κ2) is 6.64. The van der Waals surface area contributed by atoms with Gasteiger partial charge in [-0.05, 0) is 18.2 Å². The van der Waals surface area contributed by atoms with E-state index in [1.807, 2.05) is 11.0 Å². The predicted molar refractivity (Wildman–Crippen MR) is 100 cm³/mol. The molecule has 4 rings (SSSR count). The van der Waals surface area contributed by atoms with Crippen LogP contribution in [0.3, 0.4) is 0 Å². The van der Waals surface area contributed by atoms with Crippen LogP contribution >= 0.6 is 0 Å². The van der Waals surface area contributed by atoms with E-state index in [-0.39, 0.29) is 5.16 Å². The van der Waals surface area contributed by atoms with Gasteiger partial charge in [0.2, 0.25) is 15.0 Å². The van der Waals surface area contributed by atoms with E-state index in [4.69, 9.17) is 4.74 Å². The number of ether oxygens (including phenoxy) is 1. The maximum Gasteiger partial charge on any atom is 0.249 e. The van der Waals surface area contributed by atoms with Gasteiger partial charge < -0.3 is 14.6 Å². The molecule has 0 saturated carbocycles. The molecule has 0 unspecified atom stereocenters. The summed E-state index contributed by atoms with van der Waals surface area (Å²) in [5.41, 5.74) is 2.41. The van der Waals surface area contributed by atoms with Gasteiger partial charge in [-0.15, -0.1) is 0 Å². The fraction of sp³-hybridized carbons (Fsp3) is 0.278. The average molecular weight is 383 g/mol. The molecule has 0 atom stereocenters. The van der Waals surface area contributed by atoms with Gasteiger partial charge in [-0.2, -0.15) is 5.26 Å². The first-order chi connectivity index (χ1) is 13.0. The number of hydrogen-bond donors (Lipinski definition) is 1. The molecule has 1 N–H and O–H groups in total. The Kier molecular flexibility index (Phi) is 4.30. The lowest BCUT2D eigenvalue weighted by molar-refractivity contribution is 0.122.